The molecule has 10 heteroatoms. The highest BCUT2D eigenvalue weighted by Crippen LogP contribution is 2.31. The number of benzene rings is 1. The van der Waals surface area contributed by atoms with Crippen LogP contribution >= 0.6 is 11.8 Å². The van der Waals surface area contributed by atoms with Crippen molar-refractivity contribution in [1.82, 2.24) is 20.1 Å². The van der Waals surface area contributed by atoms with Crippen molar-refractivity contribution in [3.05, 3.63) is 41.4 Å². The number of rotatable bonds is 6. The maximum Gasteiger partial charge on any atom is 0.328 e. The number of nitrogens with one attached hydrogen (secondary N) is 1. The monoisotopic (exact) mass is 443 g/mol. The molecule has 31 heavy (non-hydrogen) atoms. The number of thioether (sulfide) groups is 1. The highest BCUT2D eigenvalue weighted by Gasteiger charge is 2.37. The number of methoxy groups -OCH3 is 1. The first-order valence-corrected chi connectivity index (χ1v) is 11.0. The lowest BCUT2D eigenvalue weighted by molar-refractivity contribution is -0.153. The van der Waals surface area contributed by atoms with Crippen molar-refractivity contribution in [2.45, 2.75) is 44.1 Å². The molecule has 0 fully saturated rings. The smallest absolute Gasteiger partial charge is 0.328 e. The summed E-state index contributed by atoms with van der Waals surface area (Å²) in [4.78, 5) is 30.4. The number of amides is 1. The van der Waals surface area contributed by atoms with Crippen LogP contribution in [-0.2, 0) is 27.3 Å². The molecule has 1 aromatic carbocycles. The number of carbonyl (C=O) groups is 2. The number of hydrogen-bond donors (Lipinski definition) is 2. The van der Waals surface area contributed by atoms with Crippen molar-refractivity contribution < 1.29 is 18.7 Å². The summed E-state index contributed by atoms with van der Waals surface area (Å²) in [6, 6.07) is 6.87. The molecule has 0 saturated heterocycles. The topological polar surface area (TPSA) is 127 Å². The first-order valence-electron chi connectivity index (χ1n) is 10.1. The van der Waals surface area contributed by atoms with E-state index < -0.39 is 12.0 Å². The Kier molecular flexibility index (Phi) is 6.01. The predicted octanol–water partition coefficient (Wildman–Crippen LogP) is 2.43. The summed E-state index contributed by atoms with van der Waals surface area (Å²) in [5.41, 5.74) is 9.00. The van der Waals surface area contributed by atoms with Gasteiger partial charge in [-0.05, 0) is 17.5 Å². The van der Waals surface area contributed by atoms with Gasteiger partial charge in [0.25, 0.3) is 5.22 Å². The Balaban J connectivity index is 1.51. The quantitative estimate of drug-likeness (QED) is 0.439. The van der Waals surface area contributed by atoms with Crippen molar-refractivity contribution in [2.24, 2.45) is 11.7 Å². The normalized spacial score (nSPS) is 17.1. The van der Waals surface area contributed by atoms with Crippen LogP contribution in [0.5, 0.6) is 0 Å². The van der Waals surface area contributed by atoms with Gasteiger partial charge in [0.15, 0.2) is 0 Å². The van der Waals surface area contributed by atoms with E-state index in [0.717, 1.165) is 33.9 Å². The Bertz CT molecular complexity index is 1110. The number of esters is 1. The van der Waals surface area contributed by atoms with E-state index in [9.17, 15) is 9.59 Å². The fourth-order valence-electron chi connectivity index (χ4n) is 3.72. The maximum absolute atomic E-state index is 13.0. The minimum Gasteiger partial charge on any atom is -0.467 e. The fraction of sp³-hybridized carbons (Fsp3) is 0.429. The molecule has 2 unspecified atom stereocenters. The Labute approximate surface area is 183 Å². The largest absolute Gasteiger partial charge is 0.467 e. The van der Waals surface area contributed by atoms with Crippen LogP contribution in [0.15, 0.2) is 33.9 Å². The van der Waals surface area contributed by atoms with Crippen LogP contribution in [-0.4, -0.2) is 50.9 Å². The second-order valence-corrected chi connectivity index (χ2v) is 8.78. The molecule has 4 rings (SSSR count). The van der Waals surface area contributed by atoms with Crippen molar-refractivity contribution in [2.75, 3.05) is 12.9 Å². The molecule has 164 valence electrons. The number of aromatic amines is 1. The summed E-state index contributed by atoms with van der Waals surface area (Å²) in [6.45, 7) is 4.23. The van der Waals surface area contributed by atoms with Crippen LogP contribution in [0.3, 0.4) is 0 Å². The molecule has 0 aliphatic carbocycles. The van der Waals surface area contributed by atoms with Crippen LogP contribution in [0.25, 0.3) is 10.9 Å². The van der Waals surface area contributed by atoms with Gasteiger partial charge in [0.2, 0.25) is 11.8 Å². The first-order chi connectivity index (χ1) is 14.9. The van der Waals surface area contributed by atoms with Gasteiger partial charge < -0.3 is 24.8 Å². The van der Waals surface area contributed by atoms with E-state index >= 15 is 0 Å². The van der Waals surface area contributed by atoms with Gasteiger partial charge in [-0.2, -0.15) is 0 Å². The fourth-order valence-corrected chi connectivity index (χ4v) is 4.38. The summed E-state index contributed by atoms with van der Waals surface area (Å²) in [5.74, 6) is -0.0886. The molecule has 1 aliphatic rings. The van der Waals surface area contributed by atoms with Gasteiger partial charge in [0, 0.05) is 23.0 Å². The van der Waals surface area contributed by atoms with Crippen LogP contribution in [0, 0.1) is 5.92 Å². The number of nitrogens with zero attached hydrogens (tertiary/aromatic N) is 3. The molecule has 2 atom stereocenters. The van der Waals surface area contributed by atoms with E-state index in [2.05, 4.69) is 15.2 Å². The second kappa shape index (κ2) is 8.72. The maximum atomic E-state index is 13.0. The standard InChI is InChI=1S/C21H25N5O4S/c1-11(2)18(22)19-24-25-21(30-19)31-10-17(27)26-9-15-13(8-16(26)20(28)29-3)12-6-4-5-7-14(12)23-15/h4-7,11,16,18,23H,8-10,22H2,1-3H3. The Morgan fingerprint density at radius 1 is 1.35 bits per heavy atom. The number of nitrogens with two attached hydrogens (primary N) is 1. The van der Waals surface area contributed by atoms with Gasteiger partial charge in [-0.1, -0.05) is 43.8 Å². The van der Waals surface area contributed by atoms with Gasteiger partial charge in [0.05, 0.1) is 25.4 Å². The molecular formula is C21H25N5O4S. The minimum absolute atomic E-state index is 0.0571. The molecule has 1 aliphatic heterocycles. The molecule has 0 spiro atoms. The molecule has 3 N–H and O–H groups in total. The van der Waals surface area contributed by atoms with Crippen LogP contribution in [0.1, 0.15) is 37.0 Å². The lowest BCUT2D eigenvalue weighted by Crippen LogP contribution is -2.49. The SMILES string of the molecule is COC(=O)C1Cc2c([nH]c3ccccc23)CN1C(=O)CSc1nnc(C(N)C(C)C)o1. The second-order valence-electron chi connectivity index (χ2n) is 7.86. The highest BCUT2D eigenvalue weighted by molar-refractivity contribution is 7.99. The molecule has 3 heterocycles. The number of fused-ring (bicyclic) bond motifs is 3. The Morgan fingerprint density at radius 2 is 2.13 bits per heavy atom. The Hall–Kier alpha value is -2.85. The lowest BCUT2D eigenvalue weighted by Gasteiger charge is -2.33. The van der Waals surface area contributed by atoms with Gasteiger partial charge >= 0.3 is 5.97 Å². The zero-order valence-electron chi connectivity index (χ0n) is 17.6. The van der Waals surface area contributed by atoms with Crippen molar-refractivity contribution in [3.8, 4) is 0 Å². The number of H-pyrrole nitrogens is 1. The van der Waals surface area contributed by atoms with Crippen molar-refractivity contribution in [3.63, 3.8) is 0 Å². The molecule has 2 aromatic heterocycles. The summed E-state index contributed by atoms with van der Waals surface area (Å²) in [5, 5.41) is 9.28. The number of ether oxygens (including phenoxy) is 1. The average molecular weight is 444 g/mol. The molecule has 0 saturated carbocycles. The number of aromatic nitrogens is 3. The zero-order valence-corrected chi connectivity index (χ0v) is 18.4. The zero-order chi connectivity index (χ0) is 22.1. The van der Waals surface area contributed by atoms with Crippen LogP contribution in [0.4, 0.5) is 0 Å². The van der Waals surface area contributed by atoms with Crippen LogP contribution < -0.4 is 5.73 Å². The summed E-state index contributed by atoms with van der Waals surface area (Å²) in [7, 11) is 1.34. The van der Waals surface area contributed by atoms with E-state index in [1.54, 1.807) is 4.90 Å². The van der Waals surface area contributed by atoms with E-state index in [1.165, 1.54) is 7.11 Å². The van der Waals surface area contributed by atoms with Crippen molar-refractivity contribution in [1.29, 1.82) is 0 Å². The van der Waals surface area contributed by atoms with Crippen LogP contribution in [0.2, 0.25) is 0 Å². The van der Waals surface area contributed by atoms with Gasteiger partial charge in [-0.25, -0.2) is 4.79 Å². The Morgan fingerprint density at radius 3 is 2.87 bits per heavy atom. The average Bonchev–Trinajstić information content (AvgIpc) is 3.39. The molecule has 1 amide bonds. The molecule has 3 aromatic rings. The number of hydrogen-bond acceptors (Lipinski definition) is 8. The predicted molar refractivity (Wildman–Crippen MR) is 115 cm³/mol. The summed E-state index contributed by atoms with van der Waals surface area (Å²) >= 11 is 1.13. The molecular weight excluding hydrogens is 418 g/mol. The lowest BCUT2D eigenvalue weighted by atomic mass is 9.96. The third-order valence-electron chi connectivity index (χ3n) is 5.54. The third-order valence-corrected chi connectivity index (χ3v) is 6.35. The summed E-state index contributed by atoms with van der Waals surface area (Å²) in [6.07, 6.45) is 0.399. The molecule has 9 nitrogen and oxygen atoms in total. The molecule has 0 radical (unpaired) electrons. The summed E-state index contributed by atoms with van der Waals surface area (Å²) < 4.78 is 10.6. The number of carbonyl (C=O) groups excluding carboxylic acids is 2. The van der Waals surface area contributed by atoms with Crippen molar-refractivity contribution >= 4 is 34.5 Å². The third kappa shape index (κ3) is 4.17. The first kappa shape index (κ1) is 21.4. The minimum atomic E-state index is -0.683. The highest BCUT2D eigenvalue weighted by atomic mass is 32.2. The van der Waals surface area contributed by atoms with E-state index in [1.807, 2.05) is 38.1 Å². The number of para-hydroxylation sites is 1. The van der Waals surface area contributed by atoms with Gasteiger partial charge in [-0.3, -0.25) is 4.79 Å². The van der Waals surface area contributed by atoms with E-state index in [-0.39, 0.29) is 28.8 Å². The van der Waals surface area contributed by atoms with Gasteiger partial charge in [-0.15, -0.1) is 10.2 Å². The van der Waals surface area contributed by atoms with E-state index in [0.29, 0.717) is 18.9 Å². The van der Waals surface area contributed by atoms with Gasteiger partial charge in [0.1, 0.15) is 6.04 Å². The molecule has 0 bridgehead atoms. The van der Waals surface area contributed by atoms with E-state index in [4.69, 9.17) is 14.9 Å².